The van der Waals surface area contributed by atoms with E-state index in [2.05, 4.69) is 0 Å². The van der Waals surface area contributed by atoms with E-state index in [-0.39, 0.29) is 12.0 Å². The number of hydrogen-bond acceptors (Lipinski definition) is 4. The molecule has 1 rings (SSSR count). The van der Waals surface area contributed by atoms with Crippen molar-refractivity contribution in [2.45, 2.75) is 25.3 Å². The molecule has 0 aromatic carbocycles. The Morgan fingerprint density at radius 3 is 2.47 bits per heavy atom. The lowest BCUT2D eigenvalue weighted by Crippen LogP contribution is -2.54. The second-order valence-electron chi connectivity index (χ2n) is 3.21. The Bertz CT molecular complexity index is 308. The van der Waals surface area contributed by atoms with Crippen molar-refractivity contribution >= 4 is 5.91 Å². The first-order valence-corrected chi connectivity index (χ1v) is 4.58. The summed E-state index contributed by atoms with van der Waals surface area (Å²) in [5, 5.41) is 8.89. The van der Waals surface area contributed by atoms with Gasteiger partial charge in [-0.15, -0.1) is 0 Å². The fourth-order valence-electron chi connectivity index (χ4n) is 1.64. The topological polar surface area (TPSA) is 62.6 Å². The van der Waals surface area contributed by atoms with Gasteiger partial charge in [-0.05, 0) is 6.08 Å². The van der Waals surface area contributed by atoms with Gasteiger partial charge in [-0.1, -0.05) is 6.08 Å². The van der Waals surface area contributed by atoms with Crippen LogP contribution in [0.15, 0.2) is 12.2 Å². The molecule has 0 N–H and O–H groups in total. The van der Waals surface area contributed by atoms with E-state index in [1.165, 1.54) is 26.0 Å². The Kier molecular flexibility index (Phi) is 3.83. The largest absolute Gasteiger partial charge is 0.373 e. The summed E-state index contributed by atoms with van der Waals surface area (Å²) in [4.78, 5) is 12.8. The van der Waals surface area contributed by atoms with Gasteiger partial charge in [0.05, 0.1) is 6.07 Å². The van der Waals surface area contributed by atoms with E-state index in [0.29, 0.717) is 0 Å². The van der Waals surface area contributed by atoms with Crippen LogP contribution in [0.4, 0.5) is 0 Å². The second-order valence-corrected chi connectivity index (χ2v) is 3.21. The molecule has 0 radical (unpaired) electrons. The predicted octanol–water partition coefficient (Wildman–Crippen LogP) is 0.284. The molecule has 82 valence electrons. The van der Waals surface area contributed by atoms with Crippen LogP contribution in [-0.2, 0) is 14.3 Å². The molecule has 1 amide bonds. The zero-order valence-electron chi connectivity index (χ0n) is 9.01. The minimum Gasteiger partial charge on any atom is -0.373 e. The molecule has 1 heterocycles. The van der Waals surface area contributed by atoms with E-state index in [9.17, 15) is 4.79 Å². The molecule has 0 aliphatic carbocycles. The number of rotatable bonds is 2. The molecule has 0 aromatic heterocycles. The predicted molar refractivity (Wildman–Crippen MR) is 52.7 cm³/mol. The van der Waals surface area contributed by atoms with Gasteiger partial charge in [0.15, 0.2) is 6.23 Å². The fraction of sp³-hybridized carbons (Fsp3) is 0.600. The smallest absolute Gasteiger partial charge is 0.222 e. The van der Waals surface area contributed by atoms with E-state index in [0.717, 1.165) is 0 Å². The van der Waals surface area contributed by atoms with E-state index >= 15 is 0 Å². The third-order valence-corrected chi connectivity index (χ3v) is 2.35. The zero-order chi connectivity index (χ0) is 11.4. The summed E-state index contributed by atoms with van der Waals surface area (Å²) in [6, 6.07) is 1.44. The van der Waals surface area contributed by atoms with Gasteiger partial charge in [0.1, 0.15) is 12.1 Å². The quantitative estimate of drug-likeness (QED) is 0.614. The average Bonchev–Trinajstić information content (AvgIpc) is 2.26. The number of amides is 1. The molecule has 1 aliphatic heterocycles. The summed E-state index contributed by atoms with van der Waals surface area (Å²) < 4.78 is 10.3. The van der Waals surface area contributed by atoms with Gasteiger partial charge >= 0.3 is 0 Å². The first-order chi connectivity index (χ1) is 7.15. The Hall–Kier alpha value is -1.38. The van der Waals surface area contributed by atoms with E-state index in [1.807, 2.05) is 6.07 Å². The Morgan fingerprint density at radius 1 is 1.40 bits per heavy atom. The van der Waals surface area contributed by atoms with Gasteiger partial charge in [-0.3, -0.25) is 9.69 Å². The summed E-state index contributed by atoms with van der Waals surface area (Å²) in [5.41, 5.74) is 0. The van der Waals surface area contributed by atoms with Gasteiger partial charge in [-0.2, -0.15) is 5.26 Å². The summed E-state index contributed by atoms with van der Waals surface area (Å²) in [6.07, 6.45) is 2.51. The number of methoxy groups -OCH3 is 2. The van der Waals surface area contributed by atoms with E-state index in [1.54, 1.807) is 12.2 Å². The second kappa shape index (κ2) is 4.91. The lowest BCUT2D eigenvalue weighted by molar-refractivity contribution is -0.155. The van der Waals surface area contributed by atoms with Crippen LogP contribution in [0.25, 0.3) is 0 Å². The number of nitrogens with zero attached hydrogens (tertiary/aromatic N) is 2. The van der Waals surface area contributed by atoms with Gasteiger partial charge in [0, 0.05) is 21.1 Å². The lowest BCUT2D eigenvalue weighted by Gasteiger charge is -2.38. The molecule has 0 saturated carbocycles. The monoisotopic (exact) mass is 210 g/mol. The van der Waals surface area contributed by atoms with Crippen molar-refractivity contribution in [2.24, 2.45) is 0 Å². The van der Waals surface area contributed by atoms with Gasteiger partial charge in [-0.25, -0.2) is 0 Å². The Morgan fingerprint density at radius 2 is 2.07 bits per heavy atom. The first-order valence-electron chi connectivity index (χ1n) is 4.58. The molecule has 0 fully saturated rings. The number of ether oxygens (including phenoxy) is 2. The van der Waals surface area contributed by atoms with Crippen LogP contribution >= 0.6 is 0 Å². The highest BCUT2D eigenvalue weighted by Gasteiger charge is 2.35. The average molecular weight is 210 g/mol. The maximum Gasteiger partial charge on any atom is 0.222 e. The first kappa shape index (κ1) is 11.7. The summed E-state index contributed by atoms with van der Waals surface area (Å²) in [5.74, 6) is -0.209. The molecule has 3 atom stereocenters. The molecule has 15 heavy (non-hydrogen) atoms. The van der Waals surface area contributed by atoms with Crippen molar-refractivity contribution < 1.29 is 14.3 Å². The highest BCUT2D eigenvalue weighted by Crippen LogP contribution is 2.20. The van der Waals surface area contributed by atoms with Crippen molar-refractivity contribution in [3.05, 3.63) is 12.2 Å². The highest BCUT2D eigenvalue weighted by atomic mass is 16.5. The SMILES string of the molecule is CO[C@@H]1[C@H](OC)C=C[C@H](C#N)N1C(C)=O. The minimum absolute atomic E-state index is 0.209. The van der Waals surface area contributed by atoms with Crippen molar-refractivity contribution in [1.29, 1.82) is 5.26 Å². The molecular weight excluding hydrogens is 196 g/mol. The third kappa shape index (κ3) is 2.17. The molecule has 0 unspecified atom stereocenters. The van der Waals surface area contributed by atoms with Crippen molar-refractivity contribution in [2.75, 3.05) is 14.2 Å². The molecule has 0 spiro atoms. The molecule has 1 aliphatic rings. The summed E-state index contributed by atoms with van der Waals surface area (Å²) in [7, 11) is 3.02. The van der Waals surface area contributed by atoms with E-state index in [4.69, 9.17) is 14.7 Å². The maximum atomic E-state index is 11.4. The van der Waals surface area contributed by atoms with E-state index < -0.39 is 12.3 Å². The van der Waals surface area contributed by atoms with Crippen molar-refractivity contribution in [3.8, 4) is 6.07 Å². The van der Waals surface area contributed by atoms with Crippen molar-refractivity contribution in [1.82, 2.24) is 4.90 Å². The zero-order valence-corrected chi connectivity index (χ0v) is 9.01. The fourth-order valence-corrected chi connectivity index (χ4v) is 1.64. The molecule has 0 bridgehead atoms. The number of hydrogen-bond donors (Lipinski definition) is 0. The van der Waals surface area contributed by atoms with Crippen LogP contribution in [0.5, 0.6) is 0 Å². The standard InChI is InChI=1S/C10H14N2O3/c1-7(13)12-8(6-11)4-5-9(14-2)10(12)15-3/h4-5,8-10H,1-3H3/t8-,9-,10-/m1/s1. The molecule has 5 heteroatoms. The minimum atomic E-state index is -0.584. The van der Waals surface area contributed by atoms with Crippen LogP contribution in [-0.4, -0.2) is 43.4 Å². The molecule has 0 saturated heterocycles. The van der Waals surface area contributed by atoms with Crippen LogP contribution in [0, 0.1) is 11.3 Å². The van der Waals surface area contributed by atoms with Crippen LogP contribution < -0.4 is 0 Å². The number of carbonyl (C=O) groups is 1. The van der Waals surface area contributed by atoms with Gasteiger partial charge < -0.3 is 9.47 Å². The molecular formula is C10H14N2O3. The number of carbonyl (C=O) groups excluding carboxylic acids is 1. The van der Waals surface area contributed by atoms with Crippen molar-refractivity contribution in [3.63, 3.8) is 0 Å². The normalized spacial score (nSPS) is 30.0. The van der Waals surface area contributed by atoms with Crippen LogP contribution in [0.3, 0.4) is 0 Å². The highest BCUT2D eigenvalue weighted by molar-refractivity contribution is 5.75. The third-order valence-electron chi connectivity index (χ3n) is 2.35. The van der Waals surface area contributed by atoms with Crippen LogP contribution in [0.1, 0.15) is 6.92 Å². The Labute approximate surface area is 88.9 Å². The van der Waals surface area contributed by atoms with Gasteiger partial charge in [0.2, 0.25) is 5.91 Å². The summed E-state index contributed by atoms with van der Waals surface area (Å²) in [6.45, 7) is 1.40. The molecule has 0 aromatic rings. The number of nitriles is 1. The maximum absolute atomic E-state index is 11.4. The molecule has 5 nitrogen and oxygen atoms in total. The Balaban J connectivity index is 3.01. The van der Waals surface area contributed by atoms with Crippen LogP contribution in [0.2, 0.25) is 0 Å². The van der Waals surface area contributed by atoms with Gasteiger partial charge in [0.25, 0.3) is 0 Å². The lowest BCUT2D eigenvalue weighted by atomic mass is 10.1. The summed E-state index contributed by atoms with van der Waals surface area (Å²) >= 11 is 0.